The molecule has 0 bridgehead atoms. The van der Waals surface area contributed by atoms with Crippen LogP contribution in [0.15, 0.2) is 36.8 Å². The quantitative estimate of drug-likeness (QED) is 0.820. The van der Waals surface area contributed by atoms with Crippen LogP contribution in [-0.2, 0) is 6.54 Å². The van der Waals surface area contributed by atoms with E-state index in [-0.39, 0.29) is 0 Å². The van der Waals surface area contributed by atoms with E-state index in [2.05, 4.69) is 22.2 Å². The fourth-order valence-corrected chi connectivity index (χ4v) is 1.41. The summed E-state index contributed by atoms with van der Waals surface area (Å²) in [6.45, 7) is 2.77. The molecule has 4 heteroatoms. The standard InChI is InChI=1S/C12H14N4/c1-9-2-4-14-7-10(9)8-16-12-6-11(13)3-5-15-12/h2-7H,8H2,1H3,(H3,13,15,16). The lowest BCUT2D eigenvalue weighted by atomic mass is 10.1. The second-order valence-corrected chi connectivity index (χ2v) is 3.63. The highest BCUT2D eigenvalue weighted by Crippen LogP contribution is 2.11. The predicted octanol–water partition coefficient (Wildman–Crippen LogP) is 1.98. The molecule has 0 aliphatic carbocycles. The minimum atomic E-state index is 0.704. The molecule has 2 aromatic heterocycles. The van der Waals surface area contributed by atoms with E-state index in [1.54, 1.807) is 18.5 Å². The second-order valence-electron chi connectivity index (χ2n) is 3.63. The second kappa shape index (κ2) is 4.61. The monoisotopic (exact) mass is 214 g/mol. The van der Waals surface area contributed by atoms with E-state index in [0.717, 1.165) is 11.4 Å². The first-order valence-corrected chi connectivity index (χ1v) is 5.10. The number of hydrogen-bond donors (Lipinski definition) is 2. The van der Waals surface area contributed by atoms with Crippen LogP contribution in [0.4, 0.5) is 11.5 Å². The summed E-state index contributed by atoms with van der Waals surface area (Å²) in [4.78, 5) is 8.26. The molecule has 0 saturated heterocycles. The van der Waals surface area contributed by atoms with Gasteiger partial charge in [0, 0.05) is 36.9 Å². The third kappa shape index (κ3) is 2.48. The molecule has 0 atom stereocenters. The fourth-order valence-electron chi connectivity index (χ4n) is 1.41. The molecule has 0 spiro atoms. The minimum Gasteiger partial charge on any atom is -0.399 e. The van der Waals surface area contributed by atoms with E-state index in [4.69, 9.17) is 5.73 Å². The Bertz CT molecular complexity index is 482. The zero-order chi connectivity index (χ0) is 11.4. The molecule has 0 saturated carbocycles. The Kier molecular flexibility index (Phi) is 3.00. The Balaban J connectivity index is 2.05. The molecule has 0 aliphatic heterocycles. The molecule has 0 aromatic carbocycles. The third-order valence-corrected chi connectivity index (χ3v) is 2.39. The zero-order valence-electron chi connectivity index (χ0n) is 9.14. The van der Waals surface area contributed by atoms with Crippen molar-refractivity contribution in [2.45, 2.75) is 13.5 Å². The first-order chi connectivity index (χ1) is 7.75. The lowest BCUT2D eigenvalue weighted by Gasteiger charge is -2.07. The molecule has 82 valence electrons. The van der Waals surface area contributed by atoms with Crippen molar-refractivity contribution in [3.8, 4) is 0 Å². The van der Waals surface area contributed by atoms with Gasteiger partial charge in [0.05, 0.1) is 0 Å². The van der Waals surface area contributed by atoms with Crippen LogP contribution in [0.5, 0.6) is 0 Å². The summed E-state index contributed by atoms with van der Waals surface area (Å²) in [7, 11) is 0. The number of aromatic nitrogens is 2. The van der Waals surface area contributed by atoms with Crippen molar-refractivity contribution in [2.75, 3.05) is 11.1 Å². The summed E-state index contributed by atoms with van der Waals surface area (Å²) in [5, 5.41) is 3.21. The van der Waals surface area contributed by atoms with E-state index >= 15 is 0 Å². The van der Waals surface area contributed by atoms with Gasteiger partial charge in [-0.2, -0.15) is 0 Å². The SMILES string of the molecule is Cc1ccncc1CNc1cc(N)ccn1. The fraction of sp³-hybridized carbons (Fsp3) is 0.167. The van der Waals surface area contributed by atoms with Crippen LogP contribution in [0.3, 0.4) is 0 Å². The van der Waals surface area contributed by atoms with Crippen molar-refractivity contribution in [3.05, 3.63) is 47.9 Å². The van der Waals surface area contributed by atoms with Crippen LogP contribution in [0.25, 0.3) is 0 Å². The number of anilines is 2. The molecule has 0 fully saturated rings. The Morgan fingerprint density at radius 2 is 2.19 bits per heavy atom. The van der Waals surface area contributed by atoms with E-state index in [9.17, 15) is 0 Å². The van der Waals surface area contributed by atoms with Gasteiger partial charge in [-0.25, -0.2) is 4.98 Å². The van der Waals surface area contributed by atoms with Crippen LogP contribution in [0, 0.1) is 6.92 Å². The Morgan fingerprint density at radius 1 is 1.31 bits per heavy atom. The highest BCUT2D eigenvalue weighted by molar-refractivity contribution is 5.48. The molecule has 4 nitrogen and oxygen atoms in total. The van der Waals surface area contributed by atoms with Crippen molar-refractivity contribution >= 4 is 11.5 Å². The van der Waals surface area contributed by atoms with Crippen LogP contribution in [0.1, 0.15) is 11.1 Å². The lowest BCUT2D eigenvalue weighted by molar-refractivity contribution is 1.06. The molecule has 16 heavy (non-hydrogen) atoms. The maximum absolute atomic E-state index is 5.67. The van der Waals surface area contributed by atoms with Crippen molar-refractivity contribution in [3.63, 3.8) is 0 Å². The van der Waals surface area contributed by atoms with Gasteiger partial charge in [0.15, 0.2) is 0 Å². The molecule has 3 N–H and O–H groups in total. The summed E-state index contributed by atoms with van der Waals surface area (Å²) in [5.41, 5.74) is 8.75. The Hall–Kier alpha value is -2.10. The van der Waals surface area contributed by atoms with Gasteiger partial charge in [-0.05, 0) is 30.2 Å². The average Bonchev–Trinajstić information content (AvgIpc) is 2.28. The number of pyridine rings is 2. The van der Waals surface area contributed by atoms with E-state index in [1.165, 1.54) is 5.56 Å². The van der Waals surface area contributed by atoms with Gasteiger partial charge in [-0.15, -0.1) is 0 Å². The molecular formula is C12H14N4. The molecule has 2 heterocycles. The molecule has 2 rings (SSSR count). The van der Waals surface area contributed by atoms with Gasteiger partial charge >= 0.3 is 0 Å². The van der Waals surface area contributed by atoms with Gasteiger partial charge in [-0.1, -0.05) is 0 Å². The summed E-state index contributed by atoms with van der Waals surface area (Å²) in [6, 6.07) is 5.57. The molecule has 0 aliphatic rings. The zero-order valence-corrected chi connectivity index (χ0v) is 9.14. The Morgan fingerprint density at radius 3 is 2.94 bits per heavy atom. The third-order valence-electron chi connectivity index (χ3n) is 2.39. The normalized spacial score (nSPS) is 10.1. The average molecular weight is 214 g/mol. The van der Waals surface area contributed by atoms with Gasteiger partial charge in [0.1, 0.15) is 5.82 Å². The Labute approximate surface area is 94.5 Å². The molecule has 0 amide bonds. The smallest absolute Gasteiger partial charge is 0.128 e. The topological polar surface area (TPSA) is 63.8 Å². The van der Waals surface area contributed by atoms with Crippen LogP contribution in [0.2, 0.25) is 0 Å². The maximum atomic E-state index is 5.67. The number of nitrogens with zero attached hydrogens (tertiary/aromatic N) is 2. The summed E-state index contributed by atoms with van der Waals surface area (Å²) in [6.07, 6.45) is 5.33. The maximum Gasteiger partial charge on any atom is 0.128 e. The number of nitrogen functional groups attached to an aromatic ring is 1. The van der Waals surface area contributed by atoms with E-state index in [0.29, 0.717) is 12.2 Å². The van der Waals surface area contributed by atoms with E-state index < -0.39 is 0 Å². The van der Waals surface area contributed by atoms with Gasteiger partial charge in [-0.3, -0.25) is 4.98 Å². The number of rotatable bonds is 3. The minimum absolute atomic E-state index is 0.704. The highest BCUT2D eigenvalue weighted by Gasteiger charge is 1.98. The van der Waals surface area contributed by atoms with Gasteiger partial charge in [0.2, 0.25) is 0 Å². The molecule has 0 radical (unpaired) electrons. The highest BCUT2D eigenvalue weighted by atomic mass is 15.0. The van der Waals surface area contributed by atoms with Crippen LogP contribution >= 0.6 is 0 Å². The van der Waals surface area contributed by atoms with Crippen molar-refractivity contribution < 1.29 is 0 Å². The first-order valence-electron chi connectivity index (χ1n) is 5.10. The summed E-state index contributed by atoms with van der Waals surface area (Å²) < 4.78 is 0. The van der Waals surface area contributed by atoms with Crippen molar-refractivity contribution in [1.82, 2.24) is 9.97 Å². The van der Waals surface area contributed by atoms with Crippen LogP contribution < -0.4 is 11.1 Å². The van der Waals surface area contributed by atoms with Gasteiger partial charge in [0.25, 0.3) is 0 Å². The molecular weight excluding hydrogens is 200 g/mol. The van der Waals surface area contributed by atoms with Gasteiger partial charge < -0.3 is 11.1 Å². The summed E-state index contributed by atoms with van der Waals surface area (Å²) in [5.74, 6) is 0.781. The van der Waals surface area contributed by atoms with E-state index in [1.807, 2.05) is 18.3 Å². The predicted molar refractivity (Wildman–Crippen MR) is 65.0 cm³/mol. The van der Waals surface area contributed by atoms with Crippen molar-refractivity contribution in [1.29, 1.82) is 0 Å². The van der Waals surface area contributed by atoms with Crippen molar-refractivity contribution in [2.24, 2.45) is 0 Å². The number of hydrogen-bond acceptors (Lipinski definition) is 4. The molecule has 2 aromatic rings. The number of nitrogens with one attached hydrogen (secondary N) is 1. The first kappa shape index (κ1) is 10.4. The largest absolute Gasteiger partial charge is 0.399 e. The van der Waals surface area contributed by atoms with Crippen LogP contribution in [-0.4, -0.2) is 9.97 Å². The number of nitrogens with two attached hydrogens (primary N) is 1. The molecule has 0 unspecified atom stereocenters. The summed E-state index contributed by atoms with van der Waals surface area (Å²) >= 11 is 0. The lowest BCUT2D eigenvalue weighted by Crippen LogP contribution is -2.03. The number of aryl methyl sites for hydroxylation is 1.